The van der Waals surface area contributed by atoms with Crippen LogP contribution in [0.3, 0.4) is 0 Å². The highest BCUT2D eigenvalue weighted by molar-refractivity contribution is 7.89. The molecule has 1 aromatic carbocycles. The van der Waals surface area contributed by atoms with Crippen molar-refractivity contribution in [3.8, 4) is 0 Å². The molecule has 7 nitrogen and oxygen atoms in total. The molecule has 0 spiro atoms. The first-order valence-corrected chi connectivity index (χ1v) is 10.1. The first-order valence-electron chi connectivity index (χ1n) is 8.26. The minimum absolute atomic E-state index is 0.123. The lowest BCUT2D eigenvalue weighted by atomic mass is 10.2. The fraction of sp³-hybridized carbons (Fsp3) is 0.294. The number of anilines is 2. The number of benzene rings is 1. The minimum Gasteiger partial charge on any atom is -0.340 e. The molecule has 0 aliphatic carbocycles. The second-order valence-electron chi connectivity index (χ2n) is 5.78. The van der Waals surface area contributed by atoms with E-state index >= 15 is 0 Å². The molecule has 0 amide bonds. The third-order valence-electron chi connectivity index (χ3n) is 3.93. The van der Waals surface area contributed by atoms with Gasteiger partial charge in [-0.15, -0.1) is 0 Å². The molecule has 9 heteroatoms. The Bertz CT molecular complexity index is 1060. The number of fused-ring (bicyclic) bond motifs is 1. The van der Waals surface area contributed by atoms with Crippen LogP contribution in [0.15, 0.2) is 35.4 Å². The molecule has 0 atom stereocenters. The van der Waals surface area contributed by atoms with E-state index in [1.165, 1.54) is 4.52 Å². The molecule has 0 radical (unpaired) electrons. The van der Waals surface area contributed by atoms with Gasteiger partial charge in [0.25, 0.3) is 0 Å². The normalized spacial score (nSPS) is 11.8. The zero-order valence-electron chi connectivity index (χ0n) is 14.7. The zero-order chi connectivity index (χ0) is 18.9. The number of halogens is 1. The van der Waals surface area contributed by atoms with Crippen molar-refractivity contribution in [2.45, 2.75) is 32.1 Å². The third-order valence-corrected chi connectivity index (χ3v) is 5.79. The summed E-state index contributed by atoms with van der Waals surface area (Å²) in [6.07, 6.45) is 2.04. The quantitative estimate of drug-likeness (QED) is 0.670. The lowest BCUT2D eigenvalue weighted by molar-refractivity contribution is 0.583. The predicted octanol–water partition coefficient (Wildman–Crippen LogP) is 3.30. The van der Waals surface area contributed by atoms with E-state index < -0.39 is 10.0 Å². The van der Waals surface area contributed by atoms with Gasteiger partial charge in [-0.1, -0.05) is 25.4 Å². The molecule has 2 aromatic heterocycles. The minimum atomic E-state index is -3.68. The van der Waals surface area contributed by atoms with Gasteiger partial charge in [0.1, 0.15) is 10.7 Å². The molecular formula is C17H20ClN5O2S. The number of nitrogens with zero attached hydrogens (tertiary/aromatic N) is 3. The van der Waals surface area contributed by atoms with Crippen molar-refractivity contribution in [1.29, 1.82) is 0 Å². The fourth-order valence-corrected chi connectivity index (χ4v) is 4.36. The maximum atomic E-state index is 12.6. The molecule has 0 bridgehead atoms. The summed E-state index contributed by atoms with van der Waals surface area (Å²) < 4.78 is 29.3. The van der Waals surface area contributed by atoms with E-state index in [0.29, 0.717) is 35.1 Å². The zero-order valence-corrected chi connectivity index (χ0v) is 16.3. The first kappa shape index (κ1) is 18.6. The number of rotatable bonds is 6. The SMILES string of the molecule is CCNS(=O)(=O)c1c(CC)nn2c(Nc3ccc(Cl)cc3C)ccnc12. The molecule has 3 aromatic rings. The second kappa shape index (κ2) is 7.22. The van der Waals surface area contributed by atoms with Gasteiger partial charge in [0.05, 0.1) is 5.69 Å². The van der Waals surface area contributed by atoms with Gasteiger partial charge in [0, 0.05) is 23.5 Å². The Morgan fingerprint density at radius 3 is 2.65 bits per heavy atom. The van der Waals surface area contributed by atoms with Crippen LogP contribution in [0, 0.1) is 6.92 Å². The van der Waals surface area contributed by atoms with Gasteiger partial charge >= 0.3 is 0 Å². The molecule has 0 saturated carbocycles. The van der Waals surface area contributed by atoms with E-state index in [4.69, 9.17) is 11.6 Å². The van der Waals surface area contributed by atoms with Gasteiger partial charge in [-0.3, -0.25) is 0 Å². The molecule has 0 aliphatic rings. The summed E-state index contributed by atoms with van der Waals surface area (Å²) in [5, 5.41) is 8.40. The standard InChI is InChI=1S/C17H20ClN5O2S/c1-4-13-16(26(24,25)20-5-2)17-19-9-8-15(23(17)22-13)21-14-7-6-12(18)10-11(14)3/h6-10,20-21H,4-5H2,1-3H3. The summed E-state index contributed by atoms with van der Waals surface area (Å²) >= 11 is 6.01. The van der Waals surface area contributed by atoms with Crippen LogP contribution >= 0.6 is 11.6 Å². The molecule has 0 aliphatic heterocycles. The van der Waals surface area contributed by atoms with Crippen molar-refractivity contribution in [2.24, 2.45) is 0 Å². The van der Waals surface area contributed by atoms with E-state index in [1.54, 1.807) is 25.3 Å². The van der Waals surface area contributed by atoms with Crippen molar-refractivity contribution in [3.05, 3.63) is 46.7 Å². The summed E-state index contributed by atoms with van der Waals surface area (Å²) in [6.45, 7) is 5.83. The van der Waals surface area contributed by atoms with Crippen LogP contribution in [-0.2, 0) is 16.4 Å². The molecule has 3 rings (SSSR count). The highest BCUT2D eigenvalue weighted by Gasteiger charge is 2.26. The largest absolute Gasteiger partial charge is 0.340 e. The monoisotopic (exact) mass is 393 g/mol. The maximum Gasteiger partial charge on any atom is 0.246 e. The van der Waals surface area contributed by atoms with E-state index in [0.717, 1.165) is 11.3 Å². The Balaban J connectivity index is 2.16. The van der Waals surface area contributed by atoms with Crippen LogP contribution in [0.25, 0.3) is 5.65 Å². The highest BCUT2D eigenvalue weighted by atomic mass is 35.5. The molecule has 0 saturated heterocycles. The second-order valence-corrected chi connectivity index (χ2v) is 7.92. The summed E-state index contributed by atoms with van der Waals surface area (Å²) in [5.41, 5.74) is 2.58. The van der Waals surface area contributed by atoms with Gasteiger partial charge in [-0.2, -0.15) is 9.61 Å². The van der Waals surface area contributed by atoms with Crippen LogP contribution in [0.1, 0.15) is 25.1 Å². The molecule has 0 unspecified atom stereocenters. The summed E-state index contributed by atoms with van der Waals surface area (Å²) in [6, 6.07) is 7.25. The Kier molecular flexibility index (Phi) is 5.17. The van der Waals surface area contributed by atoms with Crippen LogP contribution in [0.5, 0.6) is 0 Å². The van der Waals surface area contributed by atoms with E-state index in [9.17, 15) is 8.42 Å². The highest BCUT2D eigenvalue weighted by Crippen LogP contribution is 2.27. The van der Waals surface area contributed by atoms with Gasteiger partial charge in [0.15, 0.2) is 5.65 Å². The number of nitrogens with one attached hydrogen (secondary N) is 2. The summed E-state index contributed by atoms with van der Waals surface area (Å²) in [7, 11) is -3.68. The van der Waals surface area contributed by atoms with E-state index in [-0.39, 0.29) is 4.90 Å². The number of aryl methyl sites for hydroxylation is 2. The van der Waals surface area contributed by atoms with Gasteiger partial charge < -0.3 is 5.32 Å². The van der Waals surface area contributed by atoms with Crippen LogP contribution in [-0.4, -0.2) is 29.6 Å². The number of hydrogen-bond acceptors (Lipinski definition) is 5. The predicted molar refractivity (Wildman–Crippen MR) is 103 cm³/mol. The van der Waals surface area contributed by atoms with Crippen molar-refractivity contribution in [3.63, 3.8) is 0 Å². The van der Waals surface area contributed by atoms with Crippen molar-refractivity contribution in [1.82, 2.24) is 19.3 Å². The molecule has 0 fully saturated rings. The van der Waals surface area contributed by atoms with E-state index in [1.807, 2.05) is 26.0 Å². The molecule has 26 heavy (non-hydrogen) atoms. The fourth-order valence-electron chi connectivity index (χ4n) is 2.74. The van der Waals surface area contributed by atoms with E-state index in [2.05, 4.69) is 20.1 Å². The lowest BCUT2D eigenvalue weighted by Gasteiger charge is -2.11. The van der Waals surface area contributed by atoms with Crippen LogP contribution < -0.4 is 10.0 Å². The summed E-state index contributed by atoms with van der Waals surface area (Å²) in [4.78, 5) is 4.38. The lowest BCUT2D eigenvalue weighted by Crippen LogP contribution is -2.24. The number of sulfonamides is 1. The molecule has 2 heterocycles. The Hall–Kier alpha value is -2.16. The van der Waals surface area contributed by atoms with Crippen molar-refractivity contribution >= 4 is 38.8 Å². The molecule has 2 N–H and O–H groups in total. The Morgan fingerprint density at radius 2 is 2.00 bits per heavy atom. The average molecular weight is 394 g/mol. The smallest absolute Gasteiger partial charge is 0.246 e. The first-order chi connectivity index (χ1) is 12.4. The maximum absolute atomic E-state index is 12.6. The average Bonchev–Trinajstić information content (AvgIpc) is 2.98. The Morgan fingerprint density at radius 1 is 1.23 bits per heavy atom. The topological polar surface area (TPSA) is 88.4 Å². The number of aromatic nitrogens is 3. The Labute approximate surface area is 157 Å². The summed E-state index contributed by atoms with van der Waals surface area (Å²) in [5.74, 6) is 0.619. The molecule has 138 valence electrons. The van der Waals surface area contributed by atoms with Gasteiger partial charge in [-0.05, 0) is 43.2 Å². The van der Waals surface area contributed by atoms with Gasteiger partial charge in [-0.25, -0.2) is 18.1 Å². The van der Waals surface area contributed by atoms with Crippen molar-refractivity contribution < 1.29 is 8.42 Å². The van der Waals surface area contributed by atoms with Gasteiger partial charge in [0.2, 0.25) is 10.0 Å². The third kappa shape index (κ3) is 3.40. The van der Waals surface area contributed by atoms with Crippen molar-refractivity contribution in [2.75, 3.05) is 11.9 Å². The molecular weight excluding hydrogens is 374 g/mol. The van der Waals surface area contributed by atoms with Crippen LogP contribution in [0.4, 0.5) is 11.5 Å². The number of hydrogen-bond donors (Lipinski definition) is 2. The van der Waals surface area contributed by atoms with Crippen LogP contribution in [0.2, 0.25) is 5.02 Å².